The lowest BCUT2D eigenvalue weighted by Crippen LogP contribution is -2.14. The summed E-state index contributed by atoms with van der Waals surface area (Å²) in [4.78, 5) is 22.6. The summed E-state index contributed by atoms with van der Waals surface area (Å²) in [6, 6.07) is 11.6. The van der Waals surface area contributed by atoms with Crippen molar-refractivity contribution in [2.75, 3.05) is 11.9 Å². The lowest BCUT2D eigenvalue weighted by Gasteiger charge is -2.09. The number of rotatable bonds is 6. The van der Waals surface area contributed by atoms with Gasteiger partial charge in [-0.15, -0.1) is 0 Å². The standard InChI is InChI=1S/C19H13F3N2O4/c20-19(21,22)14-2-1-3-15(9-14)24-18(27)13(10-23)8-12-4-6-16(7-5-12)28-11-17(25)26/h1-9H,11H2,(H,24,27)(H,25,26)/b13-8+. The van der Waals surface area contributed by atoms with Crippen LogP contribution >= 0.6 is 0 Å². The highest BCUT2D eigenvalue weighted by molar-refractivity contribution is 6.09. The molecule has 1 amide bonds. The van der Waals surface area contributed by atoms with Gasteiger partial charge in [-0.1, -0.05) is 18.2 Å². The number of anilines is 1. The van der Waals surface area contributed by atoms with E-state index < -0.39 is 30.2 Å². The first-order valence-electron chi connectivity index (χ1n) is 7.74. The van der Waals surface area contributed by atoms with Crippen molar-refractivity contribution in [3.05, 3.63) is 65.2 Å². The molecule has 0 aromatic heterocycles. The second-order valence-corrected chi connectivity index (χ2v) is 5.45. The molecule has 0 atom stereocenters. The van der Waals surface area contributed by atoms with Gasteiger partial charge in [0.25, 0.3) is 5.91 Å². The Bertz CT molecular complexity index is 945. The minimum absolute atomic E-state index is 0.0987. The summed E-state index contributed by atoms with van der Waals surface area (Å²) in [5.41, 5.74) is -0.904. The molecule has 0 aliphatic heterocycles. The van der Waals surface area contributed by atoms with Crippen LogP contribution in [0.3, 0.4) is 0 Å². The van der Waals surface area contributed by atoms with Crippen LogP contribution in [0.25, 0.3) is 6.08 Å². The number of hydrogen-bond donors (Lipinski definition) is 2. The third kappa shape index (κ3) is 5.88. The maximum atomic E-state index is 12.7. The fourth-order valence-electron chi connectivity index (χ4n) is 2.09. The van der Waals surface area contributed by atoms with Gasteiger partial charge in [0.15, 0.2) is 6.61 Å². The fourth-order valence-corrected chi connectivity index (χ4v) is 2.09. The number of nitrogens with one attached hydrogen (secondary N) is 1. The van der Waals surface area contributed by atoms with Crippen molar-refractivity contribution < 1.29 is 32.6 Å². The Morgan fingerprint density at radius 3 is 2.43 bits per heavy atom. The number of carbonyl (C=O) groups excluding carboxylic acids is 1. The molecule has 2 aromatic carbocycles. The number of alkyl halides is 3. The first-order valence-corrected chi connectivity index (χ1v) is 7.74. The second kappa shape index (κ2) is 8.73. The van der Waals surface area contributed by atoms with E-state index >= 15 is 0 Å². The maximum absolute atomic E-state index is 12.7. The summed E-state index contributed by atoms with van der Waals surface area (Å²) in [7, 11) is 0. The van der Waals surface area contributed by atoms with E-state index in [1.54, 1.807) is 6.07 Å². The van der Waals surface area contributed by atoms with Gasteiger partial charge in [0.1, 0.15) is 17.4 Å². The number of ether oxygens (including phenoxy) is 1. The van der Waals surface area contributed by atoms with E-state index in [0.717, 1.165) is 18.2 Å². The molecule has 28 heavy (non-hydrogen) atoms. The zero-order chi connectivity index (χ0) is 20.7. The summed E-state index contributed by atoms with van der Waals surface area (Å²) in [6.45, 7) is -0.516. The van der Waals surface area contributed by atoms with Gasteiger partial charge in [-0.3, -0.25) is 4.79 Å². The first-order chi connectivity index (χ1) is 13.2. The van der Waals surface area contributed by atoms with Crippen molar-refractivity contribution in [3.63, 3.8) is 0 Å². The third-order valence-electron chi connectivity index (χ3n) is 3.37. The van der Waals surface area contributed by atoms with E-state index in [1.807, 2.05) is 0 Å². The van der Waals surface area contributed by atoms with Gasteiger partial charge in [0.05, 0.1) is 5.56 Å². The van der Waals surface area contributed by atoms with Gasteiger partial charge in [-0.25, -0.2) is 4.79 Å². The van der Waals surface area contributed by atoms with E-state index in [4.69, 9.17) is 9.84 Å². The lowest BCUT2D eigenvalue weighted by molar-refractivity contribution is -0.139. The van der Waals surface area contributed by atoms with Gasteiger partial charge in [0.2, 0.25) is 0 Å². The van der Waals surface area contributed by atoms with Crippen molar-refractivity contribution >= 4 is 23.6 Å². The van der Waals surface area contributed by atoms with Gasteiger partial charge in [-0.05, 0) is 42.0 Å². The Morgan fingerprint density at radius 1 is 1.18 bits per heavy atom. The van der Waals surface area contributed by atoms with Gasteiger partial charge < -0.3 is 15.2 Å². The average molecular weight is 390 g/mol. The normalized spacial score (nSPS) is 11.4. The number of carboxylic acids is 1. The molecule has 2 N–H and O–H groups in total. The molecular weight excluding hydrogens is 377 g/mol. The van der Waals surface area contributed by atoms with E-state index in [-0.39, 0.29) is 17.0 Å². The Hall–Kier alpha value is -3.80. The van der Waals surface area contributed by atoms with Crippen LogP contribution in [0.1, 0.15) is 11.1 Å². The predicted molar refractivity (Wildman–Crippen MR) is 93.2 cm³/mol. The lowest BCUT2D eigenvalue weighted by atomic mass is 10.1. The third-order valence-corrected chi connectivity index (χ3v) is 3.37. The van der Waals surface area contributed by atoms with Crippen LogP contribution in [0.15, 0.2) is 54.1 Å². The molecular formula is C19H13F3N2O4. The summed E-state index contributed by atoms with van der Waals surface area (Å²) in [5, 5.41) is 20.0. The van der Waals surface area contributed by atoms with Crippen LogP contribution < -0.4 is 10.1 Å². The van der Waals surface area contributed by atoms with Gasteiger partial charge >= 0.3 is 12.1 Å². The molecule has 0 aliphatic rings. The zero-order valence-electron chi connectivity index (χ0n) is 14.2. The number of hydrogen-bond acceptors (Lipinski definition) is 4. The number of benzene rings is 2. The number of carboxylic acid groups (broad SMARTS) is 1. The van der Waals surface area contributed by atoms with Crippen LogP contribution in [-0.4, -0.2) is 23.6 Å². The van der Waals surface area contributed by atoms with Crippen molar-refractivity contribution in [2.24, 2.45) is 0 Å². The molecule has 0 saturated heterocycles. The van der Waals surface area contributed by atoms with Crippen LogP contribution in [0.5, 0.6) is 5.75 Å². The number of carbonyl (C=O) groups is 2. The quantitative estimate of drug-likeness (QED) is 0.579. The molecule has 0 radical (unpaired) electrons. The van der Waals surface area contributed by atoms with Crippen molar-refractivity contribution in [1.82, 2.24) is 0 Å². The van der Waals surface area contributed by atoms with E-state index in [2.05, 4.69) is 5.32 Å². The predicted octanol–water partition coefficient (Wildman–Crippen LogP) is 3.71. The van der Waals surface area contributed by atoms with Crippen LogP contribution in [0.2, 0.25) is 0 Å². The Balaban J connectivity index is 2.13. The molecule has 0 heterocycles. The Morgan fingerprint density at radius 2 is 1.86 bits per heavy atom. The molecule has 2 rings (SSSR count). The van der Waals surface area contributed by atoms with Crippen LogP contribution in [0.4, 0.5) is 18.9 Å². The zero-order valence-corrected chi connectivity index (χ0v) is 14.2. The molecule has 0 bridgehead atoms. The monoisotopic (exact) mass is 390 g/mol. The number of aliphatic carboxylic acids is 1. The van der Waals surface area contributed by atoms with Crippen LogP contribution in [0, 0.1) is 11.3 Å². The average Bonchev–Trinajstić information content (AvgIpc) is 2.64. The fraction of sp³-hybridized carbons (Fsp3) is 0.105. The molecule has 6 nitrogen and oxygen atoms in total. The minimum atomic E-state index is -4.56. The minimum Gasteiger partial charge on any atom is -0.482 e. The van der Waals surface area contributed by atoms with E-state index in [9.17, 15) is 28.0 Å². The summed E-state index contributed by atoms with van der Waals surface area (Å²) < 4.78 is 43.2. The highest BCUT2D eigenvalue weighted by Crippen LogP contribution is 2.30. The van der Waals surface area contributed by atoms with Crippen molar-refractivity contribution in [1.29, 1.82) is 5.26 Å². The number of nitriles is 1. The first kappa shape index (κ1) is 20.5. The second-order valence-electron chi connectivity index (χ2n) is 5.45. The van der Waals surface area contributed by atoms with Gasteiger partial charge in [-0.2, -0.15) is 18.4 Å². The molecule has 2 aromatic rings. The molecule has 0 aliphatic carbocycles. The highest BCUT2D eigenvalue weighted by atomic mass is 19.4. The molecule has 144 valence electrons. The van der Waals surface area contributed by atoms with Crippen LogP contribution in [-0.2, 0) is 15.8 Å². The maximum Gasteiger partial charge on any atom is 0.416 e. The Kier molecular flexibility index (Phi) is 6.39. The SMILES string of the molecule is N#C/C(=C\c1ccc(OCC(=O)O)cc1)C(=O)Nc1cccc(C(F)(F)F)c1. The Labute approximate surface area is 157 Å². The number of amides is 1. The van der Waals surface area contributed by atoms with E-state index in [1.165, 1.54) is 36.4 Å². The molecule has 9 heteroatoms. The largest absolute Gasteiger partial charge is 0.482 e. The summed E-state index contributed by atoms with van der Waals surface area (Å²) in [6.07, 6.45) is -3.32. The van der Waals surface area contributed by atoms with Crippen molar-refractivity contribution in [2.45, 2.75) is 6.18 Å². The molecule has 0 spiro atoms. The molecule has 0 unspecified atom stereocenters. The van der Waals surface area contributed by atoms with E-state index in [0.29, 0.717) is 5.56 Å². The molecule has 0 saturated carbocycles. The topological polar surface area (TPSA) is 99.4 Å². The van der Waals surface area contributed by atoms with Gasteiger partial charge in [0, 0.05) is 5.69 Å². The number of nitrogens with zero attached hydrogens (tertiary/aromatic N) is 1. The summed E-state index contributed by atoms with van der Waals surface area (Å²) >= 11 is 0. The summed E-state index contributed by atoms with van der Waals surface area (Å²) in [5.74, 6) is -1.72. The molecule has 0 fully saturated rings. The highest BCUT2D eigenvalue weighted by Gasteiger charge is 2.30. The smallest absolute Gasteiger partial charge is 0.416 e. The number of halogens is 3. The van der Waals surface area contributed by atoms with Crippen molar-refractivity contribution in [3.8, 4) is 11.8 Å².